The van der Waals surface area contributed by atoms with Crippen LogP contribution in [0.4, 0.5) is 0 Å². The third-order valence-corrected chi connectivity index (χ3v) is 7.21. The van der Waals surface area contributed by atoms with Crippen molar-refractivity contribution in [2.75, 3.05) is 18.6 Å². The highest BCUT2D eigenvalue weighted by Crippen LogP contribution is 2.22. The number of nitrogens with two attached hydrogens (primary N) is 1. The van der Waals surface area contributed by atoms with Gasteiger partial charge in [0.1, 0.15) is 23.9 Å². The summed E-state index contributed by atoms with van der Waals surface area (Å²) in [6.45, 7) is 4.11. The quantitative estimate of drug-likeness (QED) is 0.257. The number of phenols is 1. The molecule has 1 aliphatic heterocycles. The highest BCUT2D eigenvalue weighted by Gasteiger charge is 2.40. The zero-order valence-corrected chi connectivity index (χ0v) is 21.9. The fourth-order valence-corrected chi connectivity index (χ4v) is 4.64. The molecule has 1 heterocycles. The molecular weight excluding hydrogens is 484 g/mol. The lowest BCUT2D eigenvalue weighted by Gasteiger charge is -2.32. The van der Waals surface area contributed by atoms with Gasteiger partial charge in [0.15, 0.2) is 0 Å². The number of amides is 3. The number of carboxylic acids is 1. The lowest BCUT2D eigenvalue weighted by Crippen LogP contribution is -2.58. The van der Waals surface area contributed by atoms with Crippen molar-refractivity contribution < 1.29 is 29.4 Å². The molecule has 200 valence electrons. The van der Waals surface area contributed by atoms with Crippen LogP contribution in [-0.2, 0) is 25.6 Å². The summed E-state index contributed by atoms with van der Waals surface area (Å²) in [4.78, 5) is 52.4. The predicted octanol–water partition coefficient (Wildman–Crippen LogP) is 1.11. The number of benzene rings is 1. The number of carbonyl (C=O) groups is 4. The first-order valence-corrected chi connectivity index (χ1v) is 13.6. The standard InChI is InChI=1S/C25H38N4O6S/c1-4-15(2)21(28-22(31)18(26)14-16-7-9-17(30)10-8-16)24(33)29-12-5-6-20(29)23(32)27-19(25(34)35)11-13-36-3/h7-10,15,18-21,30H,4-6,11-14,26H2,1-3H3,(H,27,32)(H,28,31)(H,34,35)/t15-,18-,19-,20-,21-/m0/s1. The van der Waals surface area contributed by atoms with Crippen molar-refractivity contribution in [3.63, 3.8) is 0 Å². The van der Waals surface area contributed by atoms with Crippen molar-refractivity contribution in [1.82, 2.24) is 15.5 Å². The van der Waals surface area contributed by atoms with Crippen molar-refractivity contribution in [2.45, 2.75) is 70.1 Å². The second-order valence-electron chi connectivity index (χ2n) is 9.22. The molecule has 0 bridgehead atoms. The van der Waals surface area contributed by atoms with Crippen LogP contribution in [0, 0.1) is 5.92 Å². The number of carboxylic acid groups (broad SMARTS) is 1. The van der Waals surface area contributed by atoms with Crippen LogP contribution in [0.1, 0.15) is 45.1 Å². The zero-order valence-electron chi connectivity index (χ0n) is 21.1. The van der Waals surface area contributed by atoms with E-state index in [1.807, 2.05) is 20.1 Å². The van der Waals surface area contributed by atoms with Gasteiger partial charge in [-0.25, -0.2) is 4.79 Å². The summed E-state index contributed by atoms with van der Waals surface area (Å²) >= 11 is 1.49. The topological polar surface area (TPSA) is 162 Å². The maximum Gasteiger partial charge on any atom is 0.326 e. The van der Waals surface area contributed by atoms with Crippen molar-refractivity contribution >= 4 is 35.5 Å². The van der Waals surface area contributed by atoms with Gasteiger partial charge in [-0.15, -0.1) is 0 Å². The third kappa shape index (κ3) is 8.12. The number of hydrogen-bond acceptors (Lipinski definition) is 7. The number of phenolic OH excluding ortho intramolecular Hbond substituents is 1. The molecule has 2 rings (SSSR count). The van der Waals surface area contributed by atoms with E-state index in [1.165, 1.54) is 28.8 Å². The number of aliphatic carboxylic acids is 1. The molecule has 6 N–H and O–H groups in total. The summed E-state index contributed by atoms with van der Waals surface area (Å²) in [5.41, 5.74) is 6.88. The third-order valence-electron chi connectivity index (χ3n) is 6.57. The molecule has 1 saturated heterocycles. The van der Waals surface area contributed by atoms with Crippen LogP contribution in [0.25, 0.3) is 0 Å². The summed E-state index contributed by atoms with van der Waals surface area (Å²) < 4.78 is 0. The monoisotopic (exact) mass is 522 g/mol. The minimum atomic E-state index is -1.11. The van der Waals surface area contributed by atoms with Crippen molar-refractivity contribution in [3.8, 4) is 5.75 Å². The molecule has 1 fully saturated rings. The van der Waals surface area contributed by atoms with Gasteiger partial charge in [-0.1, -0.05) is 32.4 Å². The average Bonchev–Trinajstić information content (AvgIpc) is 3.35. The fourth-order valence-electron chi connectivity index (χ4n) is 4.16. The molecular formula is C25H38N4O6S. The van der Waals surface area contributed by atoms with Gasteiger partial charge in [-0.05, 0) is 61.3 Å². The molecule has 0 radical (unpaired) electrons. The Kier molecular flexibility index (Phi) is 11.5. The van der Waals surface area contributed by atoms with Crippen LogP contribution in [-0.4, -0.2) is 81.5 Å². The Hall–Kier alpha value is -2.79. The number of thioether (sulfide) groups is 1. The Morgan fingerprint density at radius 2 is 1.86 bits per heavy atom. The number of likely N-dealkylation sites (tertiary alicyclic amines) is 1. The number of aromatic hydroxyl groups is 1. The number of nitrogens with zero attached hydrogens (tertiary/aromatic N) is 1. The van der Waals surface area contributed by atoms with E-state index >= 15 is 0 Å². The summed E-state index contributed by atoms with van der Waals surface area (Å²) in [5.74, 6) is -1.97. The van der Waals surface area contributed by atoms with Crippen molar-refractivity contribution in [1.29, 1.82) is 0 Å². The smallest absolute Gasteiger partial charge is 0.326 e. The average molecular weight is 523 g/mol. The van der Waals surface area contributed by atoms with Crippen LogP contribution in [0.15, 0.2) is 24.3 Å². The van der Waals surface area contributed by atoms with Gasteiger partial charge in [-0.2, -0.15) is 11.8 Å². The molecule has 3 amide bonds. The van der Waals surface area contributed by atoms with Crippen LogP contribution in [0.5, 0.6) is 5.75 Å². The Morgan fingerprint density at radius 3 is 2.44 bits per heavy atom. The Morgan fingerprint density at radius 1 is 1.19 bits per heavy atom. The molecule has 0 unspecified atom stereocenters. The largest absolute Gasteiger partial charge is 0.508 e. The molecule has 0 saturated carbocycles. The first kappa shape index (κ1) is 29.4. The van der Waals surface area contributed by atoms with E-state index in [2.05, 4.69) is 10.6 Å². The minimum absolute atomic E-state index is 0.113. The Labute approximate surface area is 216 Å². The molecule has 5 atom stereocenters. The van der Waals surface area contributed by atoms with Crippen molar-refractivity contribution in [2.24, 2.45) is 11.7 Å². The number of nitrogens with one attached hydrogen (secondary N) is 2. The van der Waals surface area contributed by atoms with Gasteiger partial charge in [0, 0.05) is 6.54 Å². The van der Waals surface area contributed by atoms with Crippen LogP contribution < -0.4 is 16.4 Å². The van der Waals surface area contributed by atoms with Gasteiger partial charge < -0.3 is 31.5 Å². The molecule has 1 aromatic carbocycles. The van der Waals surface area contributed by atoms with Crippen LogP contribution >= 0.6 is 11.8 Å². The van der Waals surface area contributed by atoms with E-state index in [0.717, 1.165) is 5.56 Å². The SMILES string of the molecule is CC[C@H](C)[C@H](NC(=O)[C@@H](N)Cc1ccc(O)cc1)C(=O)N1CCC[C@H]1C(=O)N[C@@H](CCSC)C(=O)O. The summed E-state index contributed by atoms with van der Waals surface area (Å²) in [6.07, 6.45) is 4.02. The van der Waals surface area contributed by atoms with Gasteiger partial charge in [0.25, 0.3) is 0 Å². The highest BCUT2D eigenvalue weighted by atomic mass is 32.2. The maximum absolute atomic E-state index is 13.5. The van der Waals surface area contributed by atoms with Crippen molar-refractivity contribution in [3.05, 3.63) is 29.8 Å². The molecule has 1 aliphatic rings. The molecule has 10 nitrogen and oxygen atoms in total. The molecule has 0 spiro atoms. The van der Waals surface area contributed by atoms with Crippen LogP contribution in [0.3, 0.4) is 0 Å². The number of hydrogen-bond donors (Lipinski definition) is 5. The molecule has 0 aliphatic carbocycles. The van der Waals surface area contributed by atoms with Crippen LogP contribution in [0.2, 0.25) is 0 Å². The van der Waals surface area contributed by atoms with Gasteiger partial charge >= 0.3 is 5.97 Å². The zero-order chi connectivity index (χ0) is 26.8. The molecule has 36 heavy (non-hydrogen) atoms. The van der Waals surface area contributed by atoms with Gasteiger partial charge in [-0.3, -0.25) is 14.4 Å². The lowest BCUT2D eigenvalue weighted by molar-refractivity contribution is -0.145. The first-order valence-electron chi connectivity index (χ1n) is 12.2. The van der Waals surface area contributed by atoms with E-state index in [-0.39, 0.29) is 30.4 Å². The summed E-state index contributed by atoms with van der Waals surface area (Å²) in [6, 6.07) is 2.80. The lowest BCUT2D eigenvalue weighted by atomic mass is 9.96. The normalized spacial score (nSPS) is 18.7. The highest BCUT2D eigenvalue weighted by molar-refractivity contribution is 7.98. The fraction of sp³-hybridized carbons (Fsp3) is 0.600. The number of carbonyl (C=O) groups excluding carboxylic acids is 3. The second-order valence-corrected chi connectivity index (χ2v) is 10.2. The minimum Gasteiger partial charge on any atom is -0.508 e. The molecule has 0 aromatic heterocycles. The summed E-state index contributed by atoms with van der Waals surface area (Å²) in [7, 11) is 0. The molecule has 11 heteroatoms. The van der Waals surface area contributed by atoms with E-state index < -0.39 is 42.0 Å². The van der Waals surface area contributed by atoms with Gasteiger partial charge in [0.05, 0.1) is 6.04 Å². The molecule has 1 aromatic rings. The number of rotatable bonds is 13. The second kappa shape index (κ2) is 14.1. The Balaban J connectivity index is 2.10. The van der Waals surface area contributed by atoms with E-state index in [1.54, 1.807) is 12.1 Å². The summed E-state index contributed by atoms with van der Waals surface area (Å²) in [5, 5.41) is 24.3. The predicted molar refractivity (Wildman–Crippen MR) is 138 cm³/mol. The van der Waals surface area contributed by atoms with E-state index in [4.69, 9.17) is 5.73 Å². The van der Waals surface area contributed by atoms with Gasteiger partial charge in [0.2, 0.25) is 17.7 Å². The maximum atomic E-state index is 13.5. The Bertz CT molecular complexity index is 912. The van der Waals surface area contributed by atoms with E-state index in [9.17, 15) is 29.4 Å². The first-order chi connectivity index (χ1) is 17.1. The van der Waals surface area contributed by atoms with E-state index in [0.29, 0.717) is 31.6 Å².